The minimum absolute atomic E-state index is 0.175. The third-order valence-electron chi connectivity index (χ3n) is 4.07. The average molecular weight is 331 g/mol. The van der Waals surface area contributed by atoms with Crippen LogP contribution in [0.4, 0.5) is 0 Å². The number of rotatable bonds is 5. The van der Waals surface area contributed by atoms with E-state index in [0.717, 1.165) is 11.2 Å². The second-order valence-corrected chi connectivity index (χ2v) is 5.71. The first-order valence-corrected chi connectivity index (χ1v) is 8.10. The van der Waals surface area contributed by atoms with Gasteiger partial charge in [-0.05, 0) is 35.7 Å². The van der Waals surface area contributed by atoms with Gasteiger partial charge in [0.25, 0.3) is 5.91 Å². The summed E-state index contributed by atoms with van der Waals surface area (Å²) >= 11 is 0. The largest absolute Gasteiger partial charge is 0.349 e. The van der Waals surface area contributed by atoms with E-state index in [1.54, 1.807) is 12.3 Å². The van der Waals surface area contributed by atoms with Crippen molar-refractivity contribution in [2.75, 3.05) is 6.54 Å². The van der Waals surface area contributed by atoms with Crippen molar-refractivity contribution in [1.82, 2.24) is 25.1 Å². The number of hydrogen-bond acceptors (Lipinski definition) is 3. The van der Waals surface area contributed by atoms with Crippen molar-refractivity contribution >= 4 is 16.8 Å². The molecule has 25 heavy (non-hydrogen) atoms. The topological polar surface area (TPSA) is 75.6 Å². The van der Waals surface area contributed by atoms with Crippen LogP contribution in [0.25, 0.3) is 22.3 Å². The number of aromatic amines is 1. The Balaban J connectivity index is 1.39. The summed E-state index contributed by atoms with van der Waals surface area (Å²) in [5.74, 6) is -0.175. The third-order valence-corrected chi connectivity index (χ3v) is 4.07. The second-order valence-electron chi connectivity index (χ2n) is 5.71. The Labute approximate surface area is 144 Å². The first-order valence-electron chi connectivity index (χ1n) is 8.10. The predicted octanol–water partition coefficient (Wildman–Crippen LogP) is 2.86. The van der Waals surface area contributed by atoms with Crippen molar-refractivity contribution < 1.29 is 4.79 Å². The molecule has 2 N–H and O–H groups in total. The van der Waals surface area contributed by atoms with Crippen molar-refractivity contribution in [2.45, 2.75) is 6.54 Å². The van der Waals surface area contributed by atoms with Crippen LogP contribution in [0, 0.1) is 0 Å². The van der Waals surface area contributed by atoms with Crippen LogP contribution in [0.5, 0.6) is 0 Å². The first-order chi connectivity index (χ1) is 12.3. The van der Waals surface area contributed by atoms with Crippen LogP contribution in [-0.4, -0.2) is 32.2 Å². The number of H-pyrrole nitrogens is 1. The number of carbonyl (C=O) groups is 1. The van der Waals surface area contributed by atoms with Gasteiger partial charge in [0.05, 0.1) is 5.69 Å². The van der Waals surface area contributed by atoms with Crippen molar-refractivity contribution in [1.29, 1.82) is 0 Å². The number of benzene rings is 1. The van der Waals surface area contributed by atoms with Gasteiger partial charge in [0, 0.05) is 31.0 Å². The molecule has 0 atom stereocenters. The highest BCUT2D eigenvalue weighted by atomic mass is 16.1. The monoisotopic (exact) mass is 331 g/mol. The highest BCUT2D eigenvalue weighted by Gasteiger charge is 2.11. The van der Waals surface area contributed by atoms with E-state index in [-0.39, 0.29) is 5.91 Å². The molecular weight excluding hydrogens is 314 g/mol. The van der Waals surface area contributed by atoms with Crippen LogP contribution in [0.15, 0.2) is 67.0 Å². The normalized spacial score (nSPS) is 10.9. The number of aromatic nitrogens is 4. The molecule has 0 saturated heterocycles. The second kappa shape index (κ2) is 6.60. The van der Waals surface area contributed by atoms with Gasteiger partial charge in [0.15, 0.2) is 0 Å². The minimum atomic E-state index is -0.175. The third kappa shape index (κ3) is 3.14. The van der Waals surface area contributed by atoms with Gasteiger partial charge in [0.2, 0.25) is 0 Å². The number of hydrogen-bond donors (Lipinski definition) is 2. The van der Waals surface area contributed by atoms with E-state index in [9.17, 15) is 4.79 Å². The molecule has 0 fully saturated rings. The van der Waals surface area contributed by atoms with Crippen LogP contribution < -0.4 is 5.32 Å². The summed E-state index contributed by atoms with van der Waals surface area (Å²) in [4.78, 5) is 16.5. The number of nitrogens with zero attached hydrogens (tertiary/aromatic N) is 3. The van der Waals surface area contributed by atoms with E-state index in [4.69, 9.17) is 0 Å². The molecule has 0 radical (unpaired) electrons. The lowest BCUT2D eigenvalue weighted by Gasteiger charge is -2.06. The molecule has 6 nitrogen and oxygen atoms in total. The molecule has 1 aromatic carbocycles. The molecule has 0 aliphatic heterocycles. The van der Waals surface area contributed by atoms with Gasteiger partial charge in [-0.25, -0.2) is 0 Å². The molecular formula is C19H17N5O. The minimum Gasteiger partial charge on any atom is -0.349 e. The molecule has 0 saturated carbocycles. The summed E-state index contributed by atoms with van der Waals surface area (Å²) in [5, 5.41) is 11.0. The predicted molar refractivity (Wildman–Crippen MR) is 96.1 cm³/mol. The standard InChI is InChI=1S/C19H17N5O/c25-19(17-13-16(22-23-17)15-6-3-4-9-20-15)21-10-12-24-11-8-14-5-1-2-7-18(14)24/h1-9,11,13H,10,12H2,(H,21,25)(H,22,23). The summed E-state index contributed by atoms with van der Waals surface area (Å²) < 4.78 is 2.13. The maximum atomic E-state index is 12.3. The highest BCUT2D eigenvalue weighted by Crippen LogP contribution is 2.15. The summed E-state index contributed by atoms with van der Waals surface area (Å²) in [6, 6.07) is 17.6. The van der Waals surface area contributed by atoms with E-state index in [1.165, 1.54) is 5.39 Å². The lowest BCUT2D eigenvalue weighted by atomic mass is 10.2. The van der Waals surface area contributed by atoms with Gasteiger partial charge >= 0.3 is 0 Å². The van der Waals surface area contributed by atoms with Crippen LogP contribution >= 0.6 is 0 Å². The Morgan fingerprint density at radius 3 is 2.84 bits per heavy atom. The lowest BCUT2D eigenvalue weighted by Crippen LogP contribution is -2.27. The van der Waals surface area contributed by atoms with Gasteiger partial charge in [0.1, 0.15) is 11.4 Å². The Morgan fingerprint density at radius 1 is 1.08 bits per heavy atom. The van der Waals surface area contributed by atoms with Gasteiger partial charge in [-0.15, -0.1) is 0 Å². The smallest absolute Gasteiger partial charge is 0.269 e. The van der Waals surface area contributed by atoms with Crippen molar-refractivity contribution in [3.63, 3.8) is 0 Å². The van der Waals surface area contributed by atoms with E-state index >= 15 is 0 Å². The zero-order chi connectivity index (χ0) is 17.1. The Kier molecular flexibility index (Phi) is 4.00. The van der Waals surface area contributed by atoms with Gasteiger partial charge < -0.3 is 9.88 Å². The summed E-state index contributed by atoms with van der Waals surface area (Å²) in [6.07, 6.45) is 3.73. The molecule has 4 aromatic rings. The first kappa shape index (κ1) is 15.1. The van der Waals surface area contributed by atoms with E-state index < -0.39 is 0 Å². The molecule has 3 aromatic heterocycles. The SMILES string of the molecule is O=C(NCCn1ccc2ccccc21)c1cc(-c2ccccn2)n[nH]1. The van der Waals surface area contributed by atoms with Gasteiger partial charge in [-0.3, -0.25) is 14.9 Å². The fraction of sp³-hybridized carbons (Fsp3) is 0.105. The molecule has 124 valence electrons. The Hall–Kier alpha value is -3.41. The number of fused-ring (bicyclic) bond motifs is 1. The molecule has 0 spiro atoms. The zero-order valence-electron chi connectivity index (χ0n) is 13.5. The molecule has 0 aliphatic rings. The number of pyridine rings is 1. The molecule has 0 unspecified atom stereocenters. The number of carbonyl (C=O) groups excluding carboxylic acids is 1. The quantitative estimate of drug-likeness (QED) is 0.590. The molecule has 6 heteroatoms. The molecule has 3 heterocycles. The Morgan fingerprint density at radius 2 is 1.96 bits per heavy atom. The Bertz CT molecular complexity index is 1000. The molecule has 4 rings (SSSR count). The van der Waals surface area contributed by atoms with Crippen LogP contribution in [0.3, 0.4) is 0 Å². The summed E-state index contributed by atoms with van der Waals surface area (Å²) in [5.41, 5.74) is 2.98. The number of nitrogens with one attached hydrogen (secondary N) is 2. The number of para-hydroxylation sites is 1. The van der Waals surface area contributed by atoms with Gasteiger partial charge in [-0.1, -0.05) is 24.3 Å². The van der Waals surface area contributed by atoms with Gasteiger partial charge in [-0.2, -0.15) is 5.10 Å². The maximum Gasteiger partial charge on any atom is 0.269 e. The van der Waals surface area contributed by atoms with Crippen LogP contribution in [0.2, 0.25) is 0 Å². The molecule has 1 amide bonds. The lowest BCUT2D eigenvalue weighted by molar-refractivity contribution is 0.0947. The summed E-state index contributed by atoms with van der Waals surface area (Å²) in [7, 11) is 0. The fourth-order valence-electron chi connectivity index (χ4n) is 2.80. The van der Waals surface area contributed by atoms with E-state index in [2.05, 4.69) is 43.3 Å². The molecule has 0 aliphatic carbocycles. The van der Waals surface area contributed by atoms with Crippen molar-refractivity contribution in [3.05, 3.63) is 72.7 Å². The molecule has 0 bridgehead atoms. The van der Waals surface area contributed by atoms with Crippen molar-refractivity contribution in [3.8, 4) is 11.4 Å². The zero-order valence-corrected chi connectivity index (χ0v) is 13.5. The fourth-order valence-corrected chi connectivity index (χ4v) is 2.80. The summed E-state index contributed by atoms with van der Waals surface area (Å²) in [6.45, 7) is 1.25. The van der Waals surface area contributed by atoms with E-state index in [1.807, 2.05) is 36.5 Å². The van der Waals surface area contributed by atoms with Crippen molar-refractivity contribution in [2.24, 2.45) is 0 Å². The number of amides is 1. The van der Waals surface area contributed by atoms with Crippen LogP contribution in [-0.2, 0) is 6.54 Å². The average Bonchev–Trinajstić information content (AvgIpc) is 3.30. The van der Waals surface area contributed by atoms with E-state index in [0.29, 0.717) is 24.5 Å². The van der Waals surface area contributed by atoms with Crippen LogP contribution in [0.1, 0.15) is 10.5 Å². The highest BCUT2D eigenvalue weighted by molar-refractivity contribution is 5.93. The maximum absolute atomic E-state index is 12.3.